The van der Waals surface area contributed by atoms with Crippen molar-refractivity contribution in [3.8, 4) is 0 Å². The Balaban J connectivity index is 1.39. The van der Waals surface area contributed by atoms with Crippen molar-refractivity contribution < 1.29 is 9.53 Å². The van der Waals surface area contributed by atoms with Gasteiger partial charge in [-0.05, 0) is 43.2 Å². The van der Waals surface area contributed by atoms with Crippen LogP contribution in [-0.2, 0) is 16.0 Å². The molecule has 3 aliphatic rings. The first-order valence-electron chi connectivity index (χ1n) is 8.05. The van der Waals surface area contributed by atoms with Crippen LogP contribution in [-0.4, -0.2) is 31.2 Å². The third-order valence-corrected chi connectivity index (χ3v) is 4.94. The largest absolute Gasteiger partial charge is 0.384 e. The molecule has 0 bridgehead atoms. The van der Waals surface area contributed by atoms with Gasteiger partial charge in [0.1, 0.15) is 0 Å². The molecule has 112 valence electrons. The van der Waals surface area contributed by atoms with Gasteiger partial charge in [0.2, 0.25) is 5.91 Å². The first kappa shape index (κ1) is 13.1. The highest BCUT2D eigenvalue weighted by Crippen LogP contribution is 2.38. The van der Waals surface area contributed by atoms with Gasteiger partial charge < -0.3 is 15.4 Å². The molecule has 3 unspecified atom stereocenters. The van der Waals surface area contributed by atoms with Gasteiger partial charge in [-0.2, -0.15) is 0 Å². The number of carbonyl (C=O) groups excluding carboxylic acids is 1. The van der Waals surface area contributed by atoms with Gasteiger partial charge in [0.05, 0.1) is 18.1 Å². The fourth-order valence-electron chi connectivity index (χ4n) is 3.58. The number of ether oxygens (including phenoxy) is 1. The summed E-state index contributed by atoms with van der Waals surface area (Å²) in [4.78, 5) is 12.5. The number of amides is 1. The van der Waals surface area contributed by atoms with Crippen molar-refractivity contribution in [2.75, 3.05) is 18.5 Å². The Labute approximate surface area is 125 Å². The zero-order chi connectivity index (χ0) is 14.2. The van der Waals surface area contributed by atoms with E-state index in [0.717, 1.165) is 26.0 Å². The van der Waals surface area contributed by atoms with E-state index in [1.54, 1.807) is 0 Å². The average molecular weight is 286 g/mol. The van der Waals surface area contributed by atoms with Crippen molar-refractivity contribution in [3.63, 3.8) is 0 Å². The summed E-state index contributed by atoms with van der Waals surface area (Å²) >= 11 is 0. The van der Waals surface area contributed by atoms with E-state index < -0.39 is 0 Å². The minimum Gasteiger partial charge on any atom is -0.384 e. The van der Waals surface area contributed by atoms with Crippen molar-refractivity contribution in [3.05, 3.63) is 29.8 Å². The first-order valence-corrected chi connectivity index (χ1v) is 8.05. The maximum atomic E-state index is 12.5. The average Bonchev–Trinajstić information content (AvgIpc) is 3.27. The monoisotopic (exact) mass is 286 g/mol. The van der Waals surface area contributed by atoms with Crippen LogP contribution < -0.4 is 10.6 Å². The lowest BCUT2D eigenvalue weighted by Gasteiger charge is -2.27. The summed E-state index contributed by atoms with van der Waals surface area (Å²) in [6.45, 7) is 1.52. The molecule has 1 aromatic carbocycles. The van der Waals surface area contributed by atoms with Crippen molar-refractivity contribution in [2.45, 2.75) is 37.8 Å². The van der Waals surface area contributed by atoms with Crippen LogP contribution in [0, 0.1) is 11.8 Å². The zero-order valence-electron chi connectivity index (χ0n) is 12.2. The zero-order valence-corrected chi connectivity index (χ0v) is 12.2. The molecule has 1 amide bonds. The summed E-state index contributed by atoms with van der Waals surface area (Å²) in [7, 11) is 0. The van der Waals surface area contributed by atoms with Crippen LogP contribution in [0.15, 0.2) is 24.3 Å². The molecular weight excluding hydrogens is 264 g/mol. The number of fused-ring (bicyclic) bond motifs is 1. The maximum Gasteiger partial charge on any atom is 0.225 e. The van der Waals surface area contributed by atoms with E-state index in [9.17, 15) is 4.79 Å². The Morgan fingerprint density at radius 2 is 2.10 bits per heavy atom. The topological polar surface area (TPSA) is 50.4 Å². The van der Waals surface area contributed by atoms with E-state index >= 15 is 0 Å². The highest BCUT2D eigenvalue weighted by Gasteiger charge is 2.41. The molecule has 1 saturated heterocycles. The van der Waals surface area contributed by atoms with Crippen LogP contribution in [0.1, 0.15) is 24.8 Å². The van der Waals surface area contributed by atoms with Gasteiger partial charge in [0.15, 0.2) is 0 Å². The normalized spacial score (nSPS) is 31.3. The van der Waals surface area contributed by atoms with Crippen LogP contribution in [0.3, 0.4) is 0 Å². The fourth-order valence-corrected chi connectivity index (χ4v) is 3.58. The van der Waals surface area contributed by atoms with Gasteiger partial charge in [-0.15, -0.1) is 0 Å². The highest BCUT2D eigenvalue weighted by molar-refractivity contribution is 5.81. The highest BCUT2D eigenvalue weighted by atomic mass is 16.5. The van der Waals surface area contributed by atoms with Crippen molar-refractivity contribution in [2.24, 2.45) is 11.8 Å². The van der Waals surface area contributed by atoms with Gasteiger partial charge in [-0.1, -0.05) is 18.2 Å². The summed E-state index contributed by atoms with van der Waals surface area (Å²) in [5.41, 5.74) is 2.41. The van der Waals surface area contributed by atoms with E-state index in [2.05, 4.69) is 22.8 Å². The molecule has 21 heavy (non-hydrogen) atoms. The Hall–Kier alpha value is -1.55. The third kappa shape index (κ3) is 2.64. The lowest BCUT2D eigenvalue weighted by Crippen LogP contribution is -2.46. The number of hydrogen-bond acceptors (Lipinski definition) is 3. The van der Waals surface area contributed by atoms with Gasteiger partial charge >= 0.3 is 0 Å². The van der Waals surface area contributed by atoms with E-state index in [1.807, 2.05) is 12.1 Å². The van der Waals surface area contributed by atoms with Crippen LogP contribution in [0.25, 0.3) is 0 Å². The van der Waals surface area contributed by atoms with Crippen molar-refractivity contribution in [1.82, 2.24) is 5.32 Å². The molecule has 1 saturated carbocycles. The molecule has 4 rings (SSSR count). The van der Waals surface area contributed by atoms with Crippen molar-refractivity contribution >= 4 is 11.6 Å². The predicted octanol–water partition coefficient (Wildman–Crippen LogP) is 1.95. The minimum absolute atomic E-state index is 0.0281. The molecule has 1 aliphatic carbocycles. The summed E-state index contributed by atoms with van der Waals surface area (Å²) in [6, 6.07) is 8.48. The Kier molecular flexibility index (Phi) is 3.34. The van der Waals surface area contributed by atoms with Crippen LogP contribution in [0.5, 0.6) is 0 Å². The van der Waals surface area contributed by atoms with E-state index in [-0.39, 0.29) is 24.0 Å². The van der Waals surface area contributed by atoms with Gasteiger partial charge in [0.25, 0.3) is 0 Å². The summed E-state index contributed by atoms with van der Waals surface area (Å²) in [5, 5.41) is 6.62. The number of hydrogen-bond donors (Lipinski definition) is 2. The lowest BCUT2D eigenvalue weighted by atomic mass is 9.92. The fraction of sp³-hybridized carbons (Fsp3) is 0.588. The predicted molar refractivity (Wildman–Crippen MR) is 81.1 cm³/mol. The molecule has 3 atom stereocenters. The van der Waals surface area contributed by atoms with Crippen molar-refractivity contribution in [1.29, 1.82) is 0 Å². The van der Waals surface area contributed by atoms with Gasteiger partial charge in [-0.25, -0.2) is 0 Å². The quantitative estimate of drug-likeness (QED) is 0.893. The number of carbonyl (C=O) groups is 1. The molecule has 2 N–H and O–H groups in total. The smallest absolute Gasteiger partial charge is 0.225 e. The SMILES string of the molecule is O=C(NC1CCOC1C1CC1)C1CNc2ccccc2C1. The minimum atomic E-state index is 0.0281. The lowest BCUT2D eigenvalue weighted by molar-refractivity contribution is -0.125. The van der Waals surface area contributed by atoms with E-state index in [4.69, 9.17) is 4.74 Å². The molecule has 1 aromatic rings. The standard InChI is InChI=1S/C17H22N2O2/c20-17(19-15-7-8-21-16(15)11-5-6-11)13-9-12-3-1-2-4-14(12)18-10-13/h1-4,11,13,15-16,18H,5-10H2,(H,19,20). The van der Waals surface area contributed by atoms with E-state index in [0.29, 0.717) is 5.92 Å². The van der Waals surface area contributed by atoms with Crippen LogP contribution >= 0.6 is 0 Å². The number of benzene rings is 1. The maximum absolute atomic E-state index is 12.5. The molecule has 0 spiro atoms. The molecule has 4 nitrogen and oxygen atoms in total. The number of rotatable bonds is 3. The summed E-state index contributed by atoms with van der Waals surface area (Å²) in [6.07, 6.45) is 4.57. The van der Waals surface area contributed by atoms with Crippen LogP contribution in [0.2, 0.25) is 0 Å². The van der Waals surface area contributed by atoms with Gasteiger partial charge in [-0.3, -0.25) is 4.79 Å². The Bertz CT molecular complexity index is 541. The number of anilines is 1. The molecular formula is C17H22N2O2. The second kappa shape index (κ2) is 5.34. The Morgan fingerprint density at radius 1 is 1.24 bits per heavy atom. The molecule has 0 radical (unpaired) electrons. The number of para-hydroxylation sites is 1. The third-order valence-electron chi connectivity index (χ3n) is 4.94. The summed E-state index contributed by atoms with van der Waals surface area (Å²) < 4.78 is 5.80. The first-order chi connectivity index (χ1) is 10.3. The molecule has 2 fully saturated rings. The summed E-state index contributed by atoms with van der Waals surface area (Å²) in [5.74, 6) is 0.890. The molecule has 4 heteroatoms. The number of nitrogens with one attached hydrogen (secondary N) is 2. The molecule has 0 aromatic heterocycles. The molecule has 2 aliphatic heterocycles. The van der Waals surface area contributed by atoms with Crippen LogP contribution in [0.4, 0.5) is 5.69 Å². The molecule has 2 heterocycles. The van der Waals surface area contributed by atoms with Gasteiger partial charge in [0, 0.05) is 18.8 Å². The second-order valence-corrected chi connectivity index (χ2v) is 6.52. The van der Waals surface area contributed by atoms with E-state index in [1.165, 1.54) is 24.1 Å². The Morgan fingerprint density at radius 3 is 2.95 bits per heavy atom. The second-order valence-electron chi connectivity index (χ2n) is 6.52.